The van der Waals surface area contributed by atoms with Crippen LogP contribution in [0.3, 0.4) is 0 Å². The summed E-state index contributed by atoms with van der Waals surface area (Å²) in [5, 5.41) is 0.711. The van der Waals surface area contributed by atoms with Crippen LogP contribution in [-0.2, 0) is 17.8 Å². The average Bonchev–Trinajstić information content (AvgIpc) is 3.26. The number of rotatable bonds is 9. The highest BCUT2D eigenvalue weighted by Gasteiger charge is 2.21. The van der Waals surface area contributed by atoms with Crippen molar-refractivity contribution in [2.75, 3.05) is 10.7 Å². The number of pyridine rings is 1. The summed E-state index contributed by atoms with van der Waals surface area (Å²) >= 11 is 3.17. The lowest BCUT2D eigenvalue weighted by molar-refractivity contribution is -0.118. The molecule has 2 heterocycles. The second-order valence-corrected chi connectivity index (χ2v) is 9.50. The van der Waals surface area contributed by atoms with Crippen molar-refractivity contribution in [3.63, 3.8) is 0 Å². The Bertz CT molecular complexity index is 1180. The third kappa shape index (κ3) is 5.53. The van der Waals surface area contributed by atoms with E-state index in [2.05, 4.69) is 24.0 Å². The Kier molecular flexibility index (Phi) is 7.50. The van der Waals surface area contributed by atoms with Crippen LogP contribution in [0.2, 0.25) is 0 Å². The van der Waals surface area contributed by atoms with E-state index in [4.69, 9.17) is 4.98 Å². The summed E-state index contributed by atoms with van der Waals surface area (Å²) in [5.74, 6) is 0.582. The van der Waals surface area contributed by atoms with E-state index in [1.165, 1.54) is 17.7 Å². The van der Waals surface area contributed by atoms with Gasteiger partial charge in [-0.2, -0.15) is 0 Å². The van der Waals surface area contributed by atoms with Crippen LogP contribution >= 0.6 is 23.1 Å². The molecule has 0 saturated heterocycles. The van der Waals surface area contributed by atoms with Crippen LogP contribution in [0.4, 0.5) is 9.52 Å². The van der Waals surface area contributed by atoms with Crippen molar-refractivity contribution >= 4 is 44.4 Å². The number of hydrogen-bond acceptors (Lipinski definition) is 5. The van der Waals surface area contributed by atoms with Crippen LogP contribution < -0.4 is 4.90 Å². The molecule has 4 rings (SSSR count). The molecule has 0 unspecified atom stereocenters. The molecule has 7 heteroatoms. The number of aromatic nitrogens is 2. The Morgan fingerprint density at radius 3 is 2.69 bits per heavy atom. The van der Waals surface area contributed by atoms with E-state index in [0.29, 0.717) is 18.1 Å². The standard InChI is InChI=1S/C25H24FN3OS2/c1-2-18-7-5-9-22-24(18)28-25(32-22)29(17-20-8-3-4-15-27-20)23(30)10-6-16-31-21-13-11-19(26)12-14-21/h3-5,7-9,11-15H,2,6,10,16-17H2,1H3. The third-order valence-electron chi connectivity index (χ3n) is 5.07. The van der Waals surface area contributed by atoms with Crippen LogP contribution in [0.15, 0.2) is 71.8 Å². The first-order chi connectivity index (χ1) is 15.6. The summed E-state index contributed by atoms with van der Waals surface area (Å²) in [5.41, 5.74) is 2.99. The minimum atomic E-state index is -0.239. The highest BCUT2D eigenvalue weighted by atomic mass is 32.2. The Hall–Kier alpha value is -2.77. The third-order valence-corrected chi connectivity index (χ3v) is 7.21. The quantitative estimate of drug-likeness (QED) is 0.209. The zero-order valence-corrected chi connectivity index (χ0v) is 19.5. The summed E-state index contributed by atoms with van der Waals surface area (Å²) in [4.78, 5) is 25.2. The van der Waals surface area contributed by atoms with Crippen molar-refractivity contribution in [1.29, 1.82) is 0 Å². The van der Waals surface area contributed by atoms with Gasteiger partial charge in [0.25, 0.3) is 0 Å². The molecule has 0 aliphatic carbocycles. The minimum Gasteiger partial charge on any atom is -0.282 e. The van der Waals surface area contributed by atoms with Crippen LogP contribution in [0.1, 0.15) is 31.0 Å². The van der Waals surface area contributed by atoms with Crippen molar-refractivity contribution in [1.82, 2.24) is 9.97 Å². The molecule has 0 atom stereocenters. The molecule has 0 spiro atoms. The van der Waals surface area contributed by atoms with Crippen LogP contribution in [0, 0.1) is 5.82 Å². The molecule has 0 radical (unpaired) electrons. The summed E-state index contributed by atoms with van der Waals surface area (Å²) in [7, 11) is 0. The van der Waals surface area contributed by atoms with E-state index < -0.39 is 0 Å². The number of fused-ring (bicyclic) bond motifs is 1. The molecule has 0 bridgehead atoms. The molecule has 4 aromatic rings. The van der Waals surface area contributed by atoms with E-state index in [1.54, 1.807) is 46.3 Å². The summed E-state index contributed by atoms with van der Waals surface area (Å²) in [6.45, 7) is 2.51. The summed E-state index contributed by atoms with van der Waals surface area (Å²) in [6.07, 6.45) is 3.78. The van der Waals surface area contributed by atoms with Gasteiger partial charge in [-0.05, 0) is 66.6 Å². The molecule has 1 amide bonds. The number of benzene rings is 2. The monoisotopic (exact) mass is 465 g/mol. The van der Waals surface area contributed by atoms with Gasteiger partial charge >= 0.3 is 0 Å². The lowest BCUT2D eigenvalue weighted by atomic mass is 10.1. The predicted molar refractivity (Wildman–Crippen MR) is 131 cm³/mol. The first kappa shape index (κ1) is 22.4. The highest BCUT2D eigenvalue weighted by Crippen LogP contribution is 2.32. The maximum atomic E-state index is 13.2. The van der Waals surface area contributed by atoms with Gasteiger partial charge < -0.3 is 0 Å². The maximum absolute atomic E-state index is 13.2. The normalized spacial score (nSPS) is 11.1. The maximum Gasteiger partial charge on any atom is 0.229 e. The van der Waals surface area contributed by atoms with Crippen LogP contribution in [0.5, 0.6) is 0 Å². The van der Waals surface area contributed by atoms with Gasteiger partial charge in [0.1, 0.15) is 5.82 Å². The molecule has 0 fully saturated rings. The van der Waals surface area contributed by atoms with Gasteiger partial charge in [0.15, 0.2) is 5.13 Å². The van der Waals surface area contributed by atoms with Crippen molar-refractivity contribution in [2.24, 2.45) is 0 Å². The van der Waals surface area contributed by atoms with Gasteiger partial charge in [-0.1, -0.05) is 36.5 Å². The van der Waals surface area contributed by atoms with Crippen LogP contribution in [-0.4, -0.2) is 21.6 Å². The Morgan fingerprint density at radius 1 is 1.09 bits per heavy atom. The van der Waals surface area contributed by atoms with E-state index in [1.807, 2.05) is 24.3 Å². The molecule has 0 saturated carbocycles. The zero-order valence-electron chi connectivity index (χ0n) is 17.8. The number of hydrogen-bond donors (Lipinski definition) is 0. The van der Waals surface area contributed by atoms with E-state index in [9.17, 15) is 9.18 Å². The minimum absolute atomic E-state index is 0.0347. The second-order valence-electron chi connectivity index (χ2n) is 7.32. The molecule has 0 aliphatic rings. The number of anilines is 1. The lowest BCUT2D eigenvalue weighted by Gasteiger charge is -2.19. The van der Waals surface area contributed by atoms with E-state index in [-0.39, 0.29) is 11.7 Å². The topological polar surface area (TPSA) is 46.1 Å². The Balaban J connectivity index is 1.48. The molecule has 0 aliphatic heterocycles. The smallest absolute Gasteiger partial charge is 0.229 e. The summed E-state index contributed by atoms with van der Waals surface area (Å²) in [6, 6.07) is 18.4. The van der Waals surface area contributed by atoms with E-state index in [0.717, 1.165) is 39.4 Å². The molecule has 2 aromatic carbocycles. The van der Waals surface area contributed by atoms with Gasteiger partial charge in [-0.15, -0.1) is 11.8 Å². The van der Waals surface area contributed by atoms with Gasteiger partial charge in [-0.25, -0.2) is 9.37 Å². The zero-order chi connectivity index (χ0) is 22.3. The predicted octanol–water partition coefficient (Wildman–Crippen LogP) is 6.50. The molecular weight excluding hydrogens is 441 g/mol. The molecular formula is C25H24FN3OS2. The van der Waals surface area contributed by atoms with Crippen molar-refractivity contribution < 1.29 is 9.18 Å². The fourth-order valence-electron chi connectivity index (χ4n) is 3.39. The molecule has 164 valence electrons. The second kappa shape index (κ2) is 10.7. The fourth-order valence-corrected chi connectivity index (χ4v) is 5.27. The number of nitrogens with zero attached hydrogens (tertiary/aromatic N) is 3. The van der Waals surface area contributed by atoms with Crippen molar-refractivity contribution in [3.05, 3.63) is 83.9 Å². The molecule has 32 heavy (non-hydrogen) atoms. The number of para-hydroxylation sites is 1. The number of carbonyl (C=O) groups excluding carboxylic acids is 1. The van der Waals surface area contributed by atoms with Crippen molar-refractivity contribution in [2.45, 2.75) is 37.6 Å². The number of halogens is 1. The van der Waals surface area contributed by atoms with Gasteiger partial charge in [0.05, 0.1) is 22.5 Å². The van der Waals surface area contributed by atoms with Gasteiger partial charge in [-0.3, -0.25) is 14.7 Å². The number of amides is 1. The van der Waals surface area contributed by atoms with Crippen LogP contribution in [0.25, 0.3) is 10.2 Å². The fraction of sp³-hybridized carbons (Fsp3) is 0.240. The summed E-state index contributed by atoms with van der Waals surface area (Å²) < 4.78 is 14.2. The molecule has 2 aromatic heterocycles. The first-order valence-electron chi connectivity index (χ1n) is 10.6. The number of carbonyl (C=O) groups is 1. The Morgan fingerprint density at radius 2 is 1.94 bits per heavy atom. The number of thiazole rings is 1. The van der Waals surface area contributed by atoms with Gasteiger partial charge in [0.2, 0.25) is 5.91 Å². The van der Waals surface area contributed by atoms with E-state index >= 15 is 0 Å². The average molecular weight is 466 g/mol. The number of thioether (sulfide) groups is 1. The lowest BCUT2D eigenvalue weighted by Crippen LogP contribution is -2.30. The Labute approximate surface area is 195 Å². The van der Waals surface area contributed by atoms with Gasteiger partial charge in [0, 0.05) is 17.5 Å². The SMILES string of the molecule is CCc1cccc2sc(N(Cc3ccccn3)C(=O)CCCSc3ccc(F)cc3)nc12. The first-order valence-corrected chi connectivity index (χ1v) is 12.4. The van der Waals surface area contributed by atoms with Crippen molar-refractivity contribution in [3.8, 4) is 0 Å². The highest BCUT2D eigenvalue weighted by molar-refractivity contribution is 7.99. The number of aryl methyl sites for hydroxylation is 1. The largest absolute Gasteiger partial charge is 0.282 e. The molecule has 4 nitrogen and oxygen atoms in total. The molecule has 0 N–H and O–H groups in total.